The predicted octanol–water partition coefficient (Wildman–Crippen LogP) is 2.91. The molecule has 0 amide bonds. The van der Waals surface area contributed by atoms with Gasteiger partial charge < -0.3 is 9.97 Å². The second-order valence-electron chi connectivity index (χ2n) is 4.36. The number of aromatic amines is 2. The second kappa shape index (κ2) is 4.90. The summed E-state index contributed by atoms with van der Waals surface area (Å²) in [4.78, 5) is 17.9. The Morgan fingerprint density at radius 3 is 2.45 bits per heavy atom. The average Bonchev–Trinajstić information content (AvgIpc) is 3.01. The summed E-state index contributed by atoms with van der Waals surface area (Å²) in [5, 5.41) is 9.18. The van der Waals surface area contributed by atoms with Gasteiger partial charge in [0, 0.05) is 23.1 Å². The van der Waals surface area contributed by atoms with Gasteiger partial charge in [-0.1, -0.05) is 30.3 Å². The van der Waals surface area contributed by atoms with Gasteiger partial charge in [-0.05, 0) is 23.8 Å². The zero-order valence-corrected chi connectivity index (χ0v) is 10.6. The van der Waals surface area contributed by atoms with Crippen LogP contribution in [-0.4, -0.2) is 9.97 Å². The molecule has 0 aliphatic rings. The van der Waals surface area contributed by atoms with E-state index in [0.717, 1.165) is 11.3 Å². The van der Waals surface area contributed by atoms with Crippen molar-refractivity contribution in [2.45, 2.75) is 0 Å². The molecule has 0 saturated carbocycles. The van der Waals surface area contributed by atoms with Crippen LogP contribution in [0.3, 0.4) is 0 Å². The lowest BCUT2D eigenvalue weighted by molar-refractivity contribution is 1.21. The monoisotopic (exact) mass is 261 g/mol. The summed E-state index contributed by atoms with van der Waals surface area (Å²) in [5.74, 6) is 0. The molecule has 0 saturated heterocycles. The Kier molecular flexibility index (Phi) is 2.94. The van der Waals surface area contributed by atoms with Gasteiger partial charge in [0.15, 0.2) is 0 Å². The Bertz CT molecular complexity index is 824. The van der Waals surface area contributed by atoms with Crippen molar-refractivity contribution in [2.24, 2.45) is 0 Å². The lowest BCUT2D eigenvalue weighted by Crippen LogP contribution is -2.12. The van der Waals surface area contributed by atoms with E-state index in [-0.39, 0.29) is 11.1 Å². The Morgan fingerprint density at radius 2 is 1.80 bits per heavy atom. The highest BCUT2D eigenvalue weighted by molar-refractivity contribution is 5.73. The first kappa shape index (κ1) is 12.0. The van der Waals surface area contributed by atoms with E-state index >= 15 is 0 Å². The van der Waals surface area contributed by atoms with Crippen LogP contribution in [0.1, 0.15) is 5.56 Å². The maximum Gasteiger partial charge on any atom is 0.267 e. The van der Waals surface area contributed by atoms with E-state index in [1.807, 2.05) is 54.6 Å². The third kappa shape index (κ3) is 2.02. The van der Waals surface area contributed by atoms with Crippen LogP contribution in [0.15, 0.2) is 59.5 Å². The SMILES string of the molecule is N#Cc1c(-c2ccc[nH]2)cc(-c2ccccc2)[nH]c1=O. The van der Waals surface area contributed by atoms with Crippen LogP contribution < -0.4 is 5.56 Å². The van der Waals surface area contributed by atoms with Crippen molar-refractivity contribution >= 4 is 0 Å². The first-order valence-electron chi connectivity index (χ1n) is 6.16. The van der Waals surface area contributed by atoms with E-state index in [1.54, 1.807) is 6.20 Å². The van der Waals surface area contributed by atoms with Crippen molar-refractivity contribution < 1.29 is 0 Å². The molecular weight excluding hydrogens is 250 g/mol. The van der Waals surface area contributed by atoms with Gasteiger partial charge in [-0.2, -0.15) is 5.26 Å². The molecule has 0 unspecified atom stereocenters. The molecule has 0 atom stereocenters. The van der Waals surface area contributed by atoms with Crippen LogP contribution in [0, 0.1) is 11.3 Å². The number of rotatable bonds is 2. The first-order valence-corrected chi connectivity index (χ1v) is 6.16. The van der Waals surface area contributed by atoms with Crippen molar-refractivity contribution in [1.29, 1.82) is 5.26 Å². The third-order valence-electron chi connectivity index (χ3n) is 3.12. The summed E-state index contributed by atoms with van der Waals surface area (Å²) in [7, 11) is 0. The highest BCUT2D eigenvalue weighted by Gasteiger charge is 2.12. The van der Waals surface area contributed by atoms with Gasteiger partial charge in [0.1, 0.15) is 11.6 Å². The normalized spacial score (nSPS) is 10.2. The van der Waals surface area contributed by atoms with E-state index in [2.05, 4.69) is 9.97 Å². The fourth-order valence-corrected chi connectivity index (χ4v) is 2.15. The number of nitrogens with one attached hydrogen (secondary N) is 2. The molecule has 0 bridgehead atoms. The minimum atomic E-state index is -0.376. The van der Waals surface area contributed by atoms with E-state index in [1.165, 1.54) is 0 Å². The molecule has 3 rings (SSSR count). The second-order valence-corrected chi connectivity index (χ2v) is 4.36. The molecule has 0 fully saturated rings. The summed E-state index contributed by atoms with van der Waals surface area (Å²) in [6.45, 7) is 0. The van der Waals surface area contributed by atoms with Crippen LogP contribution in [-0.2, 0) is 0 Å². The van der Waals surface area contributed by atoms with Gasteiger partial charge in [-0.3, -0.25) is 4.79 Å². The van der Waals surface area contributed by atoms with Crippen molar-refractivity contribution in [2.75, 3.05) is 0 Å². The fraction of sp³-hybridized carbons (Fsp3) is 0. The van der Waals surface area contributed by atoms with Crippen LogP contribution in [0.2, 0.25) is 0 Å². The van der Waals surface area contributed by atoms with Crippen molar-refractivity contribution in [3.63, 3.8) is 0 Å². The maximum absolute atomic E-state index is 12.1. The number of H-pyrrole nitrogens is 2. The quantitative estimate of drug-likeness (QED) is 0.744. The largest absolute Gasteiger partial charge is 0.361 e. The molecule has 2 aromatic heterocycles. The van der Waals surface area contributed by atoms with Gasteiger partial charge in [-0.15, -0.1) is 0 Å². The molecule has 96 valence electrons. The summed E-state index contributed by atoms with van der Waals surface area (Å²) in [6, 6.07) is 17.0. The van der Waals surface area contributed by atoms with Crippen LogP contribution in [0.4, 0.5) is 0 Å². The molecular formula is C16H11N3O. The summed E-state index contributed by atoms with van der Waals surface area (Å²) in [5.41, 5.74) is 2.71. The average molecular weight is 261 g/mol. The zero-order chi connectivity index (χ0) is 13.9. The smallest absolute Gasteiger partial charge is 0.267 e. The number of benzene rings is 1. The van der Waals surface area contributed by atoms with Crippen molar-refractivity contribution in [3.8, 4) is 28.6 Å². The van der Waals surface area contributed by atoms with Crippen molar-refractivity contribution in [1.82, 2.24) is 9.97 Å². The topological polar surface area (TPSA) is 72.4 Å². The van der Waals surface area contributed by atoms with E-state index in [4.69, 9.17) is 0 Å². The van der Waals surface area contributed by atoms with Gasteiger partial charge >= 0.3 is 0 Å². The molecule has 4 nitrogen and oxygen atoms in total. The molecule has 0 radical (unpaired) electrons. The Hall–Kier alpha value is -3.06. The summed E-state index contributed by atoms with van der Waals surface area (Å²) in [6.07, 6.45) is 1.76. The number of hydrogen-bond donors (Lipinski definition) is 2. The fourth-order valence-electron chi connectivity index (χ4n) is 2.15. The highest BCUT2D eigenvalue weighted by Crippen LogP contribution is 2.24. The molecule has 3 aromatic rings. The first-order chi connectivity index (χ1) is 9.79. The number of aromatic nitrogens is 2. The maximum atomic E-state index is 12.1. The van der Waals surface area contributed by atoms with E-state index in [9.17, 15) is 10.1 Å². The van der Waals surface area contributed by atoms with Crippen LogP contribution in [0.5, 0.6) is 0 Å². The molecule has 0 aliphatic heterocycles. The van der Waals surface area contributed by atoms with Gasteiger partial charge in [0.05, 0.1) is 0 Å². The minimum absolute atomic E-state index is 0.118. The Balaban J connectivity index is 2.27. The Labute approximate surface area is 115 Å². The molecule has 20 heavy (non-hydrogen) atoms. The lowest BCUT2D eigenvalue weighted by Gasteiger charge is -2.06. The van der Waals surface area contributed by atoms with E-state index < -0.39 is 0 Å². The molecule has 2 heterocycles. The van der Waals surface area contributed by atoms with Gasteiger partial charge in [0.25, 0.3) is 5.56 Å². The zero-order valence-electron chi connectivity index (χ0n) is 10.6. The minimum Gasteiger partial charge on any atom is -0.361 e. The summed E-state index contributed by atoms with van der Waals surface area (Å²) < 4.78 is 0. The summed E-state index contributed by atoms with van der Waals surface area (Å²) >= 11 is 0. The molecule has 2 N–H and O–H groups in total. The molecule has 4 heteroatoms. The standard InChI is InChI=1S/C16H11N3O/c17-10-13-12(14-7-4-8-18-14)9-15(19-16(13)20)11-5-2-1-3-6-11/h1-9,18H,(H,19,20). The predicted molar refractivity (Wildman–Crippen MR) is 77.0 cm³/mol. The Morgan fingerprint density at radius 1 is 1.00 bits per heavy atom. The van der Waals surface area contributed by atoms with Crippen molar-refractivity contribution in [3.05, 3.63) is 70.6 Å². The van der Waals surface area contributed by atoms with Crippen LogP contribution >= 0.6 is 0 Å². The lowest BCUT2D eigenvalue weighted by atomic mass is 10.0. The van der Waals surface area contributed by atoms with Gasteiger partial charge in [-0.25, -0.2) is 0 Å². The molecule has 1 aromatic carbocycles. The molecule has 0 spiro atoms. The molecule has 0 aliphatic carbocycles. The number of hydrogen-bond acceptors (Lipinski definition) is 2. The number of nitrogens with zero attached hydrogens (tertiary/aromatic N) is 1. The highest BCUT2D eigenvalue weighted by atomic mass is 16.1. The third-order valence-corrected chi connectivity index (χ3v) is 3.12. The number of nitriles is 1. The van der Waals surface area contributed by atoms with Crippen LogP contribution in [0.25, 0.3) is 22.5 Å². The van der Waals surface area contributed by atoms with E-state index in [0.29, 0.717) is 11.3 Å². The van der Waals surface area contributed by atoms with Gasteiger partial charge in [0.2, 0.25) is 0 Å². The number of pyridine rings is 1.